The van der Waals surface area contributed by atoms with Gasteiger partial charge in [0.1, 0.15) is 12.1 Å². The van der Waals surface area contributed by atoms with Crippen molar-refractivity contribution in [2.75, 3.05) is 13.7 Å². The van der Waals surface area contributed by atoms with Crippen molar-refractivity contribution in [1.29, 1.82) is 0 Å². The molecule has 7 heteroatoms. The monoisotopic (exact) mass is 348 g/mol. The zero-order valence-electron chi connectivity index (χ0n) is 14.5. The van der Waals surface area contributed by atoms with Gasteiger partial charge in [-0.1, -0.05) is 31.4 Å². The van der Waals surface area contributed by atoms with Gasteiger partial charge in [-0.15, -0.1) is 0 Å². The van der Waals surface area contributed by atoms with E-state index in [0.29, 0.717) is 25.7 Å². The summed E-state index contributed by atoms with van der Waals surface area (Å²) >= 11 is 0. The van der Waals surface area contributed by atoms with Crippen LogP contribution in [0.5, 0.6) is 0 Å². The second-order valence-corrected chi connectivity index (χ2v) is 7.10. The van der Waals surface area contributed by atoms with Gasteiger partial charge in [-0.2, -0.15) is 0 Å². The molecule has 0 aromatic heterocycles. The molecule has 1 aliphatic heterocycles. The Kier molecular flexibility index (Phi) is 4.92. The highest BCUT2D eigenvalue weighted by Crippen LogP contribution is 2.35. The maximum absolute atomic E-state index is 12.5. The van der Waals surface area contributed by atoms with E-state index >= 15 is 0 Å². The summed E-state index contributed by atoms with van der Waals surface area (Å²) in [5.41, 5.74) is -1.04. The molecule has 136 valence electrons. The minimum Gasteiger partial charge on any atom is -0.467 e. The van der Waals surface area contributed by atoms with E-state index in [2.05, 4.69) is 5.32 Å². The molecular weight excluding hydrogens is 324 g/mol. The largest absolute Gasteiger partial charge is 0.467 e. The number of ether oxygens (including phenoxy) is 1. The maximum Gasteiger partial charge on any atom is 0.331 e. The zero-order valence-corrected chi connectivity index (χ0v) is 14.5. The number of rotatable bonds is 4. The number of carbonyl (C=O) groups excluding carboxylic acids is 4. The summed E-state index contributed by atoms with van der Waals surface area (Å²) in [6.45, 7) is -0.330. The predicted molar refractivity (Wildman–Crippen MR) is 88.0 cm³/mol. The lowest BCUT2D eigenvalue weighted by atomic mass is 9.81. The lowest BCUT2D eigenvalue weighted by Gasteiger charge is -2.35. The second kappa shape index (κ2) is 6.98. The van der Waals surface area contributed by atoms with Gasteiger partial charge in [-0.25, -0.2) is 4.79 Å². The molecule has 0 aromatic carbocycles. The van der Waals surface area contributed by atoms with Crippen LogP contribution in [0.25, 0.3) is 0 Å². The summed E-state index contributed by atoms with van der Waals surface area (Å²) in [5, 5.41) is 2.76. The van der Waals surface area contributed by atoms with Crippen molar-refractivity contribution in [3.05, 3.63) is 12.2 Å². The number of esters is 1. The van der Waals surface area contributed by atoms with Gasteiger partial charge in [0.05, 0.1) is 18.9 Å². The standard InChI is InChI=1S/C18H24N2O5/c1-25-17(24)18(9-5-2-6-10-18)19-14(21)11-20-15(22)12-7-3-4-8-13(12)16(20)23/h3-4,12-13H,2,5-11H2,1H3,(H,19,21)/t12-,13-/m1/s1. The third kappa shape index (κ3) is 3.19. The molecule has 3 rings (SSSR count). The zero-order chi connectivity index (χ0) is 18.0. The molecule has 2 aliphatic carbocycles. The molecular formula is C18H24N2O5. The highest BCUT2D eigenvalue weighted by Gasteiger charge is 2.48. The van der Waals surface area contributed by atoms with Crippen LogP contribution in [0.15, 0.2) is 12.2 Å². The average molecular weight is 348 g/mol. The Hall–Kier alpha value is -2.18. The van der Waals surface area contributed by atoms with E-state index in [1.54, 1.807) is 0 Å². The molecule has 7 nitrogen and oxygen atoms in total. The Balaban J connectivity index is 1.68. The molecule has 2 atom stereocenters. The molecule has 3 aliphatic rings. The summed E-state index contributed by atoms with van der Waals surface area (Å²) in [6.07, 6.45) is 8.59. The fourth-order valence-electron chi connectivity index (χ4n) is 4.21. The third-order valence-electron chi connectivity index (χ3n) is 5.56. The number of amides is 3. The summed E-state index contributed by atoms with van der Waals surface area (Å²) in [6, 6.07) is 0. The highest BCUT2D eigenvalue weighted by molar-refractivity contribution is 6.07. The van der Waals surface area contributed by atoms with E-state index < -0.39 is 17.4 Å². The first-order chi connectivity index (χ1) is 12.0. The van der Waals surface area contributed by atoms with Gasteiger partial charge in [0.2, 0.25) is 17.7 Å². The summed E-state index contributed by atoms with van der Waals surface area (Å²) in [4.78, 5) is 50.7. The third-order valence-corrected chi connectivity index (χ3v) is 5.56. The molecule has 1 N–H and O–H groups in total. The van der Waals surface area contributed by atoms with Gasteiger partial charge in [0.25, 0.3) is 0 Å². The number of carbonyl (C=O) groups is 4. The molecule has 0 unspecified atom stereocenters. The minimum atomic E-state index is -1.04. The molecule has 0 aromatic rings. The number of fused-ring (bicyclic) bond motifs is 1. The van der Waals surface area contributed by atoms with Crippen LogP contribution < -0.4 is 5.32 Å². The number of nitrogens with zero attached hydrogens (tertiary/aromatic N) is 1. The van der Waals surface area contributed by atoms with E-state index in [-0.39, 0.29) is 30.2 Å². The van der Waals surface area contributed by atoms with Crippen molar-refractivity contribution in [3.63, 3.8) is 0 Å². The first kappa shape index (κ1) is 17.6. The number of likely N-dealkylation sites (tertiary alicyclic amines) is 1. The van der Waals surface area contributed by atoms with Gasteiger partial charge in [-0.3, -0.25) is 19.3 Å². The van der Waals surface area contributed by atoms with Gasteiger partial charge in [0, 0.05) is 0 Å². The number of methoxy groups -OCH3 is 1. The summed E-state index contributed by atoms with van der Waals surface area (Å²) < 4.78 is 4.87. The van der Waals surface area contributed by atoms with Crippen LogP contribution in [0.4, 0.5) is 0 Å². The van der Waals surface area contributed by atoms with Crippen LogP contribution in [0, 0.1) is 11.8 Å². The number of allylic oxidation sites excluding steroid dienone is 2. The SMILES string of the molecule is COC(=O)C1(NC(=O)CN2C(=O)[C@@H]3CC=CC[C@H]3C2=O)CCCCC1. The van der Waals surface area contributed by atoms with Crippen LogP contribution in [-0.4, -0.2) is 47.8 Å². The molecule has 3 amide bonds. The van der Waals surface area contributed by atoms with Gasteiger partial charge in [-0.05, 0) is 25.7 Å². The van der Waals surface area contributed by atoms with E-state index in [4.69, 9.17) is 4.74 Å². The van der Waals surface area contributed by atoms with Crippen LogP contribution in [0.1, 0.15) is 44.9 Å². The molecule has 0 spiro atoms. The van der Waals surface area contributed by atoms with E-state index in [9.17, 15) is 19.2 Å². The first-order valence-electron chi connectivity index (χ1n) is 8.88. The van der Waals surface area contributed by atoms with Gasteiger partial charge >= 0.3 is 5.97 Å². The number of nitrogens with one attached hydrogen (secondary N) is 1. The summed E-state index contributed by atoms with van der Waals surface area (Å²) in [7, 11) is 1.30. The van der Waals surface area contributed by atoms with E-state index in [1.807, 2.05) is 12.2 Å². The fourth-order valence-corrected chi connectivity index (χ4v) is 4.21. The van der Waals surface area contributed by atoms with Crippen LogP contribution in [0.2, 0.25) is 0 Å². The Bertz CT molecular complexity index is 595. The fraction of sp³-hybridized carbons (Fsp3) is 0.667. The van der Waals surface area contributed by atoms with Crippen LogP contribution in [-0.2, 0) is 23.9 Å². The molecule has 1 heterocycles. The molecule has 0 radical (unpaired) electrons. The molecule has 2 fully saturated rings. The van der Waals surface area contributed by atoms with Crippen molar-refractivity contribution in [2.24, 2.45) is 11.8 Å². The van der Waals surface area contributed by atoms with Crippen molar-refractivity contribution in [3.8, 4) is 0 Å². The Morgan fingerprint density at radius 2 is 1.68 bits per heavy atom. The Morgan fingerprint density at radius 3 is 2.20 bits per heavy atom. The smallest absolute Gasteiger partial charge is 0.331 e. The lowest BCUT2D eigenvalue weighted by molar-refractivity contribution is -0.153. The van der Waals surface area contributed by atoms with Crippen molar-refractivity contribution in [2.45, 2.75) is 50.5 Å². The Morgan fingerprint density at radius 1 is 1.12 bits per heavy atom. The Labute approximate surface area is 146 Å². The molecule has 0 bridgehead atoms. The van der Waals surface area contributed by atoms with E-state index in [0.717, 1.165) is 24.2 Å². The minimum absolute atomic E-state index is 0.287. The van der Waals surface area contributed by atoms with Crippen molar-refractivity contribution >= 4 is 23.7 Å². The molecule has 25 heavy (non-hydrogen) atoms. The maximum atomic E-state index is 12.5. The average Bonchev–Trinajstić information content (AvgIpc) is 2.87. The topological polar surface area (TPSA) is 92.8 Å². The van der Waals surface area contributed by atoms with Gasteiger partial charge < -0.3 is 10.1 Å². The van der Waals surface area contributed by atoms with Crippen molar-refractivity contribution in [1.82, 2.24) is 10.2 Å². The predicted octanol–water partition coefficient (Wildman–Crippen LogP) is 0.930. The second-order valence-electron chi connectivity index (χ2n) is 7.10. The normalized spacial score (nSPS) is 27.8. The highest BCUT2D eigenvalue weighted by atomic mass is 16.5. The lowest BCUT2D eigenvalue weighted by Crippen LogP contribution is -2.58. The van der Waals surface area contributed by atoms with Gasteiger partial charge in [0.15, 0.2) is 0 Å². The summed E-state index contributed by atoms with van der Waals surface area (Å²) in [5.74, 6) is -2.22. The quantitative estimate of drug-likeness (QED) is 0.463. The van der Waals surface area contributed by atoms with E-state index in [1.165, 1.54) is 7.11 Å². The number of imide groups is 1. The number of hydrogen-bond acceptors (Lipinski definition) is 5. The molecule has 1 saturated heterocycles. The number of hydrogen-bond donors (Lipinski definition) is 1. The molecule has 1 saturated carbocycles. The first-order valence-corrected chi connectivity index (χ1v) is 8.88. The van der Waals surface area contributed by atoms with Crippen molar-refractivity contribution < 1.29 is 23.9 Å². The van der Waals surface area contributed by atoms with Crippen LogP contribution >= 0.6 is 0 Å². The van der Waals surface area contributed by atoms with Crippen LogP contribution in [0.3, 0.4) is 0 Å².